The molecule has 0 bridgehead atoms. The number of rotatable bonds is 14. The zero-order valence-electron chi connectivity index (χ0n) is 21.3. The first kappa shape index (κ1) is 27.1. The number of nitrogens with zero attached hydrogens (tertiary/aromatic N) is 4. The van der Waals surface area contributed by atoms with E-state index in [0.29, 0.717) is 26.3 Å². The van der Waals surface area contributed by atoms with Crippen LogP contribution in [-0.4, -0.2) is 95.5 Å². The molecular weight excluding hydrogens is 424 g/mol. The number of unbranched alkanes of at least 4 members (excludes halogenated alkanes) is 2. The van der Waals surface area contributed by atoms with E-state index in [2.05, 4.69) is 13.8 Å². The summed E-state index contributed by atoms with van der Waals surface area (Å²) in [5, 5.41) is 0. The SMILES string of the molecule is CCN1CC(=O)N(CC(C)(C)CCCCOCCCCC(C)(C)N2C(=O)CN(C)C2=O)C1=O. The first-order chi connectivity index (χ1) is 15.4. The number of imide groups is 2. The fraction of sp³-hybridized carbons (Fsp3) is 0.833. The van der Waals surface area contributed by atoms with Crippen LogP contribution in [-0.2, 0) is 14.3 Å². The van der Waals surface area contributed by atoms with Crippen molar-refractivity contribution in [1.82, 2.24) is 19.6 Å². The van der Waals surface area contributed by atoms with Gasteiger partial charge in [-0.1, -0.05) is 20.3 Å². The van der Waals surface area contributed by atoms with E-state index in [4.69, 9.17) is 4.74 Å². The van der Waals surface area contributed by atoms with Crippen LogP contribution in [0.4, 0.5) is 9.59 Å². The normalized spacial score (nSPS) is 17.9. The van der Waals surface area contributed by atoms with Gasteiger partial charge >= 0.3 is 12.1 Å². The Hall–Kier alpha value is -2.16. The Morgan fingerprint density at radius 1 is 0.818 bits per heavy atom. The third kappa shape index (κ3) is 7.16. The molecular formula is C24H42N4O5. The molecule has 9 nitrogen and oxygen atoms in total. The van der Waals surface area contributed by atoms with Crippen LogP contribution in [0, 0.1) is 5.41 Å². The van der Waals surface area contributed by atoms with Crippen LogP contribution >= 0.6 is 0 Å². The second kappa shape index (κ2) is 11.3. The minimum absolute atomic E-state index is 0.105. The van der Waals surface area contributed by atoms with Crippen molar-refractivity contribution < 1.29 is 23.9 Å². The van der Waals surface area contributed by atoms with Crippen LogP contribution in [0.3, 0.4) is 0 Å². The van der Waals surface area contributed by atoms with Crippen molar-refractivity contribution in [3.63, 3.8) is 0 Å². The molecule has 0 saturated carbocycles. The van der Waals surface area contributed by atoms with E-state index in [1.807, 2.05) is 20.8 Å². The number of urea groups is 2. The van der Waals surface area contributed by atoms with Crippen molar-refractivity contribution in [2.24, 2.45) is 5.41 Å². The van der Waals surface area contributed by atoms with E-state index < -0.39 is 5.54 Å². The van der Waals surface area contributed by atoms with Crippen LogP contribution in [0.15, 0.2) is 0 Å². The second-order valence-electron chi connectivity index (χ2n) is 10.6. The molecule has 0 aromatic rings. The molecule has 0 radical (unpaired) electrons. The summed E-state index contributed by atoms with van der Waals surface area (Å²) in [5.74, 6) is -0.236. The Bertz CT molecular complexity index is 736. The third-order valence-corrected chi connectivity index (χ3v) is 6.56. The molecule has 2 rings (SSSR count). The molecule has 0 spiro atoms. The van der Waals surface area contributed by atoms with Crippen molar-refractivity contribution >= 4 is 23.9 Å². The third-order valence-electron chi connectivity index (χ3n) is 6.56. The van der Waals surface area contributed by atoms with Gasteiger partial charge in [-0.25, -0.2) is 9.59 Å². The summed E-state index contributed by atoms with van der Waals surface area (Å²) >= 11 is 0. The van der Waals surface area contributed by atoms with Crippen LogP contribution < -0.4 is 0 Å². The highest BCUT2D eigenvalue weighted by Crippen LogP contribution is 2.28. The van der Waals surface area contributed by atoms with Crippen molar-refractivity contribution in [3.8, 4) is 0 Å². The minimum atomic E-state index is -0.489. The van der Waals surface area contributed by atoms with E-state index in [9.17, 15) is 19.2 Å². The number of hydrogen-bond acceptors (Lipinski definition) is 5. The molecule has 188 valence electrons. The summed E-state index contributed by atoms with van der Waals surface area (Å²) in [4.78, 5) is 54.5. The fourth-order valence-corrected chi connectivity index (χ4v) is 4.50. The molecule has 2 heterocycles. The van der Waals surface area contributed by atoms with Gasteiger partial charge in [0.25, 0.3) is 5.91 Å². The van der Waals surface area contributed by atoms with E-state index in [1.165, 1.54) is 14.7 Å². The minimum Gasteiger partial charge on any atom is -0.381 e. The van der Waals surface area contributed by atoms with Crippen molar-refractivity contribution in [1.29, 1.82) is 0 Å². The molecule has 0 N–H and O–H groups in total. The van der Waals surface area contributed by atoms with Crippen LogP contribution in [0.1, 0.15) is 73.1 Å². The molecule has 0 atom stereocenters. The maximum Gasteiger partial charge on any atom is 0.327 e. The highest BCUT2D eigenvalue weighted by molar-refractivity contribution is 6.03. The number of amides is 6. The van der Waals surface area contributed by atoms with Gasteiger partial charge in [0.1, 0.15) is 13.1 Å². The zero-order valence-corrected chi connectivity index (χ0v) is 21.3. The number of carbonyl (C=O) groups is 4. The van der Waals surface area contributed by atoms with E-state index in [1.54, 1.807) is 11.9 Å². The summed E-state index contributed by atoms with van der Waals surface area (Å²) in [5.41, 5.74) is -0.615. The lowest BCUT2D eigenvalue weighted by Gasteiger charge is -2.33. The zero-order chi connectivity index (χ0) is 24.8. The average molecular weight is 467 g/mol. The highest BCUT2D eigenvalue weighted by Gasteiger charge is 2.42. The molecule has 0 aromatic heterocycles. The Morgan fingerprint density at radius 3 is 1.94 bits per heavy atom. The number of hydrogen-bond donors (Lipinski definition) is 0. The summed E-state index contributed by atoms with van der Waals surface area (Å²) in [6.45, 7) is 12.6. The van der Waals surface area contributed by atoms with Crippen LogP contribution in [0.25, 0.3) is 0 Å². The molecule has 0 aliphatic carbocycles. The molecule has 33 heavy (non-hydrogen) atoms. The highest BCUT2D eigenvalue weighted by atomic mass is 16.5. The largest absolute Gasteiger partial charge is 0.381 e. The molecule has 0 aromatic carbocycles. The quantitative estimate of drug-likeness (QED) is 0.289. The summed E-state index contributed by atoms with van der Waals surface area (Å²) in [6, 6.07) is -0.391. The van der Waals surface area contributed by atoms with Gasteiger partial charge in [-0.05, 0) is 58.3 Å². The van der Waals surface area contributed by atoms with E-state index in [0.717, 1.165) is 38.5 Å². The first-order valence-electron chi connectivity index (χ1n) is 12.1. The lowest BCUT2D eigenvalue weighted by Crippen LogP contribution is -2.48. The molecule has 6 amide bonds. The molecule has 0 unspecified atom stereocenters. The Balaban J connectivity index is 1.57. The maximum atomic E-state index is 12.3. The van der Waals surface area contributed by atoms with Crippen molar-refractivity contribution in [2.75, 3.05) is 46.4 Å². The number of likely N-dealkylation sites (N-methyl/N-ethyl adjacent to an activating group) is 2. The predicted octanol–water partition coefficient (Wildman–Crippen LogP) is 3.33. The molecule has 2 aliphatic heterocycles. The summed E-state index contributed by atoms with van der Waals surface area (Å²) in [7, 11) is 1.65. The van der Waals surface area contributed by atoms with Gasteiger partial charge in [0, 0.05) is 38.9 Å². The Morgan fingerprint density at radius 2 is 1.42 bits per heavy atom. The summed E-state index contributed by atoms with van der Waals surface area (Å²) < 4.78 is 5.76. The smallest absolute Gasteiger partial charge is 0.327 e. The molecule has 9 heteroatoms. The monoisotopic (exact) mass is 466 g/mol. The topological polar surface area (TPSA) is 90.5 Å². The van der Waals surface area contributed by atoms with Gasteiger partial charge in [-0.2, -0.15) is 0 Å². The predicted molar refractivity (Wildman–Crippen MR) is 126 cm³/mol. The molecule has 2 saturated heterocycles. The molecule has 2 fully saturated rings. The maximum absolute atomic E-state index is 12.3. The van der Waals surface area contributed by atoms with Gasteiger partial charge < -0.3 is 14.5 Å². The fourth-order valence-electron chi connectivity index (χ4n) is 4.50. The van der Waals surface area contributed by atoms with Gasteiger partial charge in [0.2, 0.25) is 5.91 Å². The Labute approximate surface area is 198 Å². The first-order valence-corrected chi connectivity index (χ1v) is 12.1. The molecule has 2 aliphatic rings. The second-order valence-corrected chi connectivity index (χ2v) is 10.6. The number of carbonyl (C=O) groups excluding carboxylic acids is 4. The van der Waals surface area contributed by atoms with E-state index in [-0.39, 0.29) is 42.4 Å². The van der Waals surface area contributed by atoms with Crippen LogP contribution in [0.5, 0.6) is 0 Å². The lowest BCUT2D eigenvalue weighted by atomic mass is 9.86. The summed E-state index contributed by atoms with van der Waals surface area (Å²) in [6.07, 6.45) is 5.34. The standard InChI is InChI=1S/C24H42N4O5/c1-7-26-17-19(29)27(22(26)32)18-23(2,3)12-8-10-14-33-15-11-9-13-24(4,5)28-20(30)16-25(6)21(28)31/h7-18H2,1-6H3. The lowest BCUT2D eigenvalue weighted by molar-refractivity contribution is -0.129. The van der Waals surface area contributed by atoms with Gasteiger partial charge in [0.15, 0.2) is 0 Å². The van der Waals surface area contributed by atoms with Gasteiger partial charge in [-0.3, -0.25) is 19.4 Å². The van der Waals surface area contributed by atoms with Crippen molar-refractivity contribution in [3.05, 3.63) is 0 Å². The average Bonchev–Trinajstić information content (AvgIpc) is 3.14. The van der Waals surface area contributed by atoms with Crippen molar-refractivity contribution in [2.45, 2.75) is 78.7 Å². The number of ether oxygens (including phenoxy) is 1. The van der Waals surface area contributed by atoms with Gasteiger partial charge in [-0.15, -0.1) is 0 Å². The van der Waals surface area contributed by atoms with Gasteiger partial charge in [0.05, 0.1) is 0 Å². The Kier molecular flexibility index (Phi) is 9.29. The van der Waals surface area contributed by atoms with E-state index >= 15 is 0 Å². The van der Waals surface area contributed by atoms with Crippen LogP contribution in [0.2, 0.25) is 0 Å².